The van der Waals surface area contributed by atoms with Crippen LogP contribution in [0.5, 0.6) is 23.0 Å². The van der Waals surface area contributed by atoms with Gasteiger partial charge in [-0.2, -0.15) is 0 Å². The van der Waals surface area contributed by atoms with E-state index < -0.39 is 5.43 Å². The van der Waals surface area contributed by atoms with E-state index in [1.807, 2.05) is 0 Å². The number of fused-ring (bicyclic) bond motifs is 1. The van der Waals surface area contributed by atoms with Gasteiger partial charge in [0.25, 0.3) is 0 Å². The Morgan fingerprint density at radius 2 is 1.74 bits per heavy atom. The second-order valence-corrected chi connectivity index (χ2v) is 7.25. The van der Waals surface area contributed by atoms with E-state index in [0.717, 1.165) is 19.3 Å². The van der Waals surface area contributed by atoms with Gasteiger partial charge < -0.3 is 28.6 Å². The molecule has 1 N–H and O–H groups in total. The summed E-state index contributed by atoms with van der Waals surface area (Å²) < 4.78 is 21.6. The van der Waals surface area contributed by atoms with Gasteiger partial charge in [-0.15, -0.1) is 0 Å². The van der Waals surface area contributed by atoms with Gasteiger partial charge in [0.15, 0.2) is 16.9 Å². The van der Waals surface area contributed by atoms with Crippen molar-refractivity contribution in [3.05, 3.63) is 46.6 Å². The minimum atomic E-state index is -0.421. The summed E-state index contributed by atoms with van der Waals surface area (Å²) in [5, 5.41) is 10.4. The number of benzene rings is 2. The molecule has 1 aliphatic rings. The summed E-state index contributed by atoms with van der Waals surface area (Å²) in [5.41, 5.74) is 0.361. The fourth-order valence-electron chi connectivity index (χ4n) is 3.68. The van der Waals surface area contributed by atoms with Crippen LogP contribution in [0, 0.1) is 0 Å². The molecule has 0 spiro atoms. The lowest BCUT2D eigenvalue weighted by molar-refractivity contribution is 0.142. The van der Waals surface area contributed by atoms with Gasteiger partial charge in [0.05, 0.1) is 14.2 Å². The first-order valence-corrected chi connectivity index (χ1v) is 10.0. The molecule has 0 unspecified atom stereocenters. The molecule has 4 rings (SSSR count). The summed E-state index contributed by atoms with van der Waals surface area (Å²) in [6.07, 6.45) is 2.75. The number of rotatable bonds is 4. The third-order valence-corrected chi connectivity index (χ3v) is 5.30. The SMILES string of the molecule is COc1cc2oc(-c3ccc(OC(=O)N4CCCCC4)cc3)cc(=O)c2c(O)c1OC. The first-order valence-electron chi connectivity index (χ1n) is 10.0. The summed E-state index contributed by atoms with van der Waals surface area (Å²) in [4.78, 5) is 26.6. The van der Waals surface area contributed by atoms with Crippen molar-refractivity contribution < 1.29 is 28.5 Å². The monoisotopic (exact) mass is 425 g/mol. The van der Waals surface area contributed by atoms with Gasteiger partial charge in [0.2, 0.25) is 5.75 Å². The van der Waals surface area contributed by atoms with Crippen LogP contribution in [0.3, 0.4) is 0 Å². The third kappa shape index (κ3) is 4.01. The standard InChI is InChI=1S/C23H23NO7/c1-28-19-13-18-20(21(26)22(19)29-2)16(25)12-17(31-18)14-6-8-15(9-7-14)30-23(27)24-10-4-3-5-11-24/h6-9,12-13,26H,3-5,10-11H2,1-2H3. The van der Waals surface area contributed by atoms with Crippen LogP contribution in [-0.2, 0) is 0 Å². The van der Waals surface area contributed by atoms with Crippen LogP contribution in [0.25, 0.3) is 22.3 Å². The van der Waals surface area contributed by atoms with Crippen LogP contribution < -0.4 is 19.6 Å². The van der Waals surface area contributed by atoms with E-state index in [1.165, 1.54) is 26.4 Å². The molecule has 1 amide bonds. The molecule has 0 bridgehead atoms. The lowest BCUT2D eigenvalue weighted by Gasteiger charge is -2.25. The lowest BCUT2D eigenvalue weighted by Crippen LogP contribution is -2.37. The van der Waals surface area contributed by atoms with E-state index >= 15 is 0 Å². The van der Waals surface area contributed by atoms with Crippen LogP contribution in [0.15, 0.2) is 45.6 Å². The van der Waals surface area contributed by atoms with Crippen molar-refractivity contribution in [2.45, 2.75) is 19.3 Å². The van der Waals surface area contributed by atoms with E-state index in [-0.39, 0.29) is 34.3 Å². The average molecular weight is 425 g/mol. The first-order chi connectivity index (χ1) is 15.0. The molecule has 0 atom stereocenters. The van der Waals surface area contributed by atoms with Gasteiger partial charge in [0.1, 0.15) is 22.5 Å². The van der Waals surface area contributed by atoms with E-state index in [0.29, 0.717) is 30.2 Å². The van der Waals surface area contributed by atoms with Gasteiger partial charge in [-0.3, -0.25) is 4.79 Å². The number of hydrogen-bond donors (Lipinski definition) is 1. The molecule has 0 aliphatic carbocycles. The summed E-state index contributed by atoms with van der Waals surface area (Å²) in [7, 11) is 2.80. The highest BCUT2D eigenvalue weighted by molar-refractivity contribution is 5.89. The number of likely N-dealkylation sites (tertiary alicyclic amines) is 1. The van der Waals surface area contributed by atoms with Crippen molar-refractivity contribution in [2.24, 2.45) is 0 Å². The zero-order chi connectivity index (χ0) is 22.0. The molecule has 31 heavy (non-hydrogen) atoms. The number of carbonyl (C=O) groups excluding carboxylic acids is 1. The Labute approximate surface area is 178 Å². The fraction of sp³-hybridized carbons (Fsp3) is 0.304. The van der Waals surface area contributed by atoms with E-state index in [2.05, 4.69) is 0 Å². The highest BCUT2D eigenvalue weighted by atomic mass is 16.6. The number of phenols is 1. The Balaban J connectivity index is 1.62. The van der Waals surface area contributed by atoms with Gasteiger partial charge >= 0.3 is 6.09 Å². The Morgan fingerprint density at radius 3 is 2.39 bits per heavy atom. The molecule has 1 aromatic heterocycles. The zero-order valence-corrected chi connectivity index (χ0v) is 17.3. The number of methoxy groups -OCH3 is 2. The maximum absolute atomic E-state index is 12.7. The summed E-state index contributed by atoms with van der Waals surface area (Å²) in [5.74, 6) is 0.685. The van der Waals surface area contributed by atoms with E-state index in [4.69, 9.17) is 18.6 Å². The summed E-state index contributed by atoms with van der Waals surface area (Å²) >= 11 is 0. The maximum Gasteiger partial charge on any atom is 0.415 e. The van der Waals surface area contributed by atoms with Crippen LogP contribution >= 0.6 is 0 Å². The Bertz CT molecular complexity index is 1160. The van der Waals surface area contributed by atoms with Crippen LogP contribution in [0.2, 0.25) is 0 Å². The predicted molar refractivity (Wildman–Crippen MR) is 114 cm³/mol. The zero-order valence-electron chi connectivity index (χ0n) is 17.3. The van der Waals surface area contributed by atoms with Crippen molar-refractivity contribution in [3.63, 3.8) is 0 Å². The van der Waals surface area contributed by atoms with Gasteiger partial charge in [-0.05, 0) is 43.5 Å². The average Bonchev–Trinajstić information content (AvgIpc) is 2.79. The molecule has 1 fully saturated rings. The van der Waals surface area contributed by atoms with E-state index in [1.54, 1.807) is 29.2 Å². The van der Waals surface area contributed by atoms with Crippen molar-refractivity contribution in [1.82, 2.24) is 4.90 Å². The molecule has 2 heterocycles. The number of hydrogen-bond acceptors (Lipinski definition) is 7. The molecule has 1 aliphatic heterocycles. The Morgan fingerprint density at radius 1 is 1.03 bits per heavy atom. The first kappa shape index (κ1) is 20.6. The highest BCUT2D eigenvalue weighted by Crippen LogP contribution is 2.42. The molecule has 2 aromatic carbocycles. The van der Waals surface area contributed by atoms with Crippen LogP contribution in [0.4, 0.5) is 4.79 Å². The van der Waals surface area contributed by atoms with Crippen molar-refractivity contribution in [2.75, 3.05) is 27.3 Å². The summed E-state index contributed by atoms with van der Waals surface area (Å²) in [6, 6.07) is 9.48. The fourth-order valence-corrected chi connectivity index (χ4v) is 3.68. The lowest BCUT2D eigenvalue weighted by atomic mass is 10.1. The quantitative estimate of drug-likeness (QED) is 0.670. The minimum absolute atomic E-state index is 0.00785. The Kier molecular flexibility index (Phi) is 5.70. The molecule has 8 heteroatoms. The molecular formula is C23H23NO7. The maximum atomic E-state index is 12.7. The van der Waals surface area contributed by atoms with Crippen molar-refractivity contribution in [1.29, 1.82) is 0 Å². The minimum Gasteiger partial charge on any atom is -0.504 e. The predicted octanol–water partition coefficient (Wildman–Crippen LogP) is 4.17. The number of amides is 1. The number of carbonyl (C=O) groups is 1. The number of nitrogens with zero attached hydrogens (tertiary/aromatic N) is 1. The number of phenolic OH excluding ortho intramolecular Hbond substituents is 1. The highest BCUT2D eigenvalue weighted by Gasteiger charge is 2.20. The van der Waals surface area contributed by atoms with Crippen molar-refractivity contribution in [3.8, 4) is 34.3 Å². The second kappa shape index (κ2) is 8.59. The normalized spacial score (nSPS) is 13.8. The van der Waals surface area contributed by atoms with Gasteiger partial charge in [0, 0.05) is 30.8 Å². The number of piperidine rings is 1. The van der Waals surface area contributed by atoms with Crippen LogP contribution in [0.1, 0.15) is 19.3 Å². The third-order valence-electron chi connectivity index (χ3n) is 5.30. The summed E-state index contributed by atoms with van der Waals surface area (Å²) in [6.45, 7) is 1.42. The van der Waals surface area contributed by atoms with Gasteiger partial charge in [-0.25, -0.2) is 4.79 Å². The second-order valence-electron chi connectivity index (χ2n) is 7.25. The van der Waals surface area contributed by atoms with Crippen molar-refractivity contribution >= 4 is 17.1 Å². The number of ether oxygens (including phenoxy) is 3. The van der Waals surface area contributed by atoms with Gasteiger partial charge in [-0.1, -0.05) is 0 Å². The van der Waals surface area contributed by atoms with E-state index in [9.17, 15) is 14.7 Å². The molecule has 8 nitrogen and oxygen atoms in total. The molecule has 3 aromatic rings. The van der Waals surface area contributed by atoms with Crippen LogP contribution in [-0.4, -0.2) is 43.4 Å². The molecule has 1 saturated heterocycles. The molecular weight excluding hydrogens is 402 g/mol. The molecule has 0 saturated carbocycles. The topological polar surface area (TPSA) is 98.4 Å². The largest absolute Gasteiger partial charge is 0.504 e. The molecule has 0 radical (unpaired) electrons. The Hall–Kier alpha value is -3.68. The molecule has 162 valence electrons. The smallest absolute Gasteiger partial charge is 0.415 e. The number of aromatic hydroxyl groups is 1.